The summed E-state index contributed by atoms with van der Waals surface area (Å²) in [5.74, 6) is 4.30. The SMILES string of the molecule is COc1ccc2c(Oc3ccc(OCCN4CCCCC4)cc3)c(C3CCCCC3)sc2c1.Cl. The average Bonchev–Trinajstić information content (AvgIpc) is 3.23. The third-order valence-corrected chi connectivity index (χ3v) is 8.32. The van der Waals surface area contributed by atoms with Gasteiger partial charge in [0, 0.05) is 16.6 Å². The number of hydrogen-bond donors (Lipinski definition) is 0. The topological polar surface area (TPSA) is 30.9 Å². The van der Waals surface area contributed by atoms with Crippen LogP contribution in [0.15, 0.2) is 42.5 Å². The molecule has 0 spiro atoms. The van der Waals surface area contributed by atoms with Crippen molar-refractivity contribution in [3.8, 4) is 23.0 Å². The van der Waals surface area contributed by atoms with E-state index in [4.69, 9.17) is 14.2 Å². The Bertz CT molecular complexity index is 1040. The second kappa shape index (κ2) is 12.1. The first-order valence-electron chi connectivity index (χ1n) is 12.5. The summed E-state index contributed by atoms with van der Waals surface area (Å²) in [6.45, 7) is 4.16. The third kappa shape index (κ3) is 5.99. The van der Waals surface area contributed by atoms with Gasteiger partial charge >= 0.3 is 0 Å². The Balaban J connectivity index is 0.00000274. The standard InChI is InChI=1S/C28H35NO3S.ClH/c1-30-24-14-15-25-26(20-24)33-28(21-8-4-2-5-9-21)27(25)32-23-12-10-22(11-13-23)31-19-18-29-16-6-3-7-17-29;/h10-15,20-21H,2-9,16-19H2,1H3;1H. The minimum absolute atomic E-state index is 0. The largest absolute Gasteiger partial charge is 0.497 e. The molecule has 0 bridgehead atoms. The molecule has 1 saturated carbocycles. The Morgan fingerprint density at radius 2 is 1.53 bits per heavy atom. The number of rotatable bonds is 8. The van der Waals surface area contributed by atoms with Crippen LogP contribution in [0.5, 0.6) is 23.0 Å². The fourth-order valence-electron chi connectivity index (χ4n) is 5.14. The molecule has 1 saturated heterocycles. The van der Waals surface area contributed by atoms with Crippen LogP contribution in [0.1, 0.15) is 62.2 Å². The van der Waals surface area contributed by atoms with Crippen LogP contribution in [0, 0.1) is 0 Å². The predicted molar refractivity (Wildman–Crippen MR) is 144 cm³/mol. The molecule has 1 aromatic heterocycles. The van der Waals surface area contributed by atoms with Gasteiger partial charge in [-0.2, -0.15) is 0 Å². The van der Waals surface area contributed by atoms with Crippen LogP contribution in [0.4, 0.5) is 0 Å². The van der Waals surface area contributed by atoms with E-state index < -0.39 is 0 Å². The van der Waals surface area contributed by atoms with Gasteiger partial charge in [0.15, 0.2) is 0 Å². The van der Waals surface area contributed by atoms with Gasteiger partial charge in [-0.3, -0.25) is 4.90 Å². The van der Waals surface area contributed by atoms with Crippen molar-refractivity contribution in [1.29, 1.82) is 0 Å². The van der Waals surface area contributed by atoms with Crippen molar-refractivity contribution in [3.63, 3.8) is 0 Å². The first-order chi connectivity index (χ1) is 16.3. The molecule has 0 radical (unpaired) electrons. The molecule has 184 valence electrons. The van der Waals surface area contributed by atoms with Gasteiger partial charge in [-0.1, -0.05) is 25.7 Å². The fraction of sp³-hybridized carbons (Fsp3) is 0.500. The molecule has 2 aromatic carbocycles. The van der Waals surface area contributed by atoms with Gasteiger partial charge in [0.25, 0.3) is 0 Å². The van der Waals surface area contributed by atoms with E-state index in [0.717, 1.165) is 36.1 Å². The zero-order valence-corrected chi connectivity index (χ0v) is 21.7. The number of ether oxygens (including phenoxy) is 3. The molecule has 6 heteroatoms. The summed E-state index contributed by atoms with van der Waals surface area (Å²) in [5, 5.41) is 1.18. The van der Waals surface area contributed by atoms with Crippen LogP contribution < -0.4 is 14.2 Å². The first kappa shape index (κ1) is 25.2. The fourth-order valence-corrected chi connectivity index (χ4v) is 6.46. The Hall–Kier alpha value is -1.95. The second-order valence-corrected chi connectivity index (χ2v) is 10.4. The number of thiophene rings is 1. The van der Waals surface area contributed by atoms with Crippen molar-refractivity contribution in [2.45, 2.75) is 57.3 Å². The Morgan fingerprint density at radius 1 is 0.853 bits per heavy atom. The van der Waals surface area contributed by atoms with Crippen molar-refractivity contribution >= 4 is 33.8 Å². The molecule has 1 aliphatic carbocycles. The Morgan fingerprint density at radius 3 is 2.26 bits per heavy atom. The molecule has 2 fully saturated rings. The molecule has 2 heterocycles. The summed E-state index contributed by atoms with van der Waals surface area (Å²) >= 11 is 1.87. The summed E-state index contributed by atoms with van der Waals surface area (Å²) < 4.78 is 19.3. The van der Waals surface area contributed by atoms with Gasteiger partial charge in [-0.05, 0) is 87.2 Å². The summed E-state index contributed by atoms with van der Waals surface area (Å²) in [5.41, 5.74) is 0. The van der Waals surface area contributed by atoms with Crippen molar-refractivity contribution in [2.24, 2.45) is 0 Å². The highest BCUT2D eigenvalue weighted by molar-refractivity contribution is 7.19. The second-order valence-electron chi connectivity index (χ2n) is 9.32. The van der Waals surface area contributed by atoms with E-state index in [1.165, 1.54) is 79.4 Å². The Kier molecular flexibility index (Phi) is 8.98. The van der Waals surface area contributed by atoms with Gasteiger partial charge < -0.3 is 14.2 Å². The first-order valence-corrected chi connectivity index (χ1v) is 13.4. The van der Waals surface area contributed by atoms with Crippen LogP contribution in [-0.4, -0.2) is 38.3 Å². The normalized spacial score (nSPS) is 17.3. The lowest BCUT2D eigenvalue weighted by atomic mass is 9.88. The summed E-state index contributed by atoms with van der Waals surface area (Å²) in [6.07, 6.45) is 10.5. The van der Waals surface area contributed by atoms with Crippen LogP contribution in [-0.2, 0) is 0 Å². The molecule has 1 aliphatic heterocycles. The molecule has 0 atom stereocenters. The van der Waals surface area contributed by atoms with Gasteiger partial charge in [0.05, 0.1) is 12.0 Å². The quantitative estimate of drug-likeness (QED) is 0.312. The maximum atomic E-state index is 6.55. The monoisotopic (exact) mass is 501 g/mol. The Labute approximate surface area is 213 Å². The number of piperidine rings is 1. The lowest BCUT2D eigenvalue weighted by Gasteiger charge is -2.26. The highest BCUT2D eigenvalue weighted by atomic mass is 35.5. The van der Waals surface area contributed by atoms with Crippen LogP contribution >= 0.6 is 23.7 Å². The maximum absolute atomic E-state index is 6.55. The predicted octanol–water partition coefficient (Wildman–Crippen LogP) is 8.04. The molecular weight excluding hydrogens is 466 g/mol. The minimum Gasteiger partial charge on any atom is -0.497 e. The molecular formula is C28H36ClNO3S. The average molecular weight is 502 g/mol. The molecule has 4 nitrogen and oxygen atoms in total. The van der Waals surface area contributed by atoms with Crippen LogP contribution in [0.3, 0.4) is 0 Å². The molecule has 0 amide bonds. The molecule has 5 rings (SSSR count). The zero-order valence-electron chi connectivity index (χ0n) is 20.1. The van der Waals surface area contributed by atoms with Gasteiger partial charge in [-0.15, -0.1) is 23.7 Å². The lowest BCUT2D eigenvalue weighted by Crippen LogP contribution is -2.33. The van der Waals surface area contributed by atoms with E-state index >= 15 is 0 Å². The highest BCUT2D eigenvalue weighted by Crippen LogP contribution is 2.48. The van der Waals surface area contributed by atoms with Crippen molar-refractivity contribution < 1.29 is 14.2 Å². The smallest absolute Gasteiger partial charge is 0.149 e. The van der Waals surface area contributed by atoms with Crippen molar-refractivity contribution in [1.82, 2.24) is 4.90 Å². The third-order valence-electron chi connectivity index (χ3n) is 7.02. The highest BCUT2D eigenvalue weighted by Gasteiger charge is 2.24. The van der Waals surface area contributed by atoms with Crippen LogP contribution in [0.25, 0.3) is 10.1 Å². The van der Waals surface area contributed by atoms with E-state index in [0.29, 0.717) is 5.92 Å². The summed E-state index contributed by atoms with van der Waals surface area (Å²) in [7, 11) is 1.73. The zero-order chi connectivity index (χ0) is 22.5. The lowest BCUT2D eigenvalue weighted by molar-refractivity contribution is 0.183. The van der Waals surface area contributed by atoms with E-state index in [-0.39, 0.29) is 12.4 Å². The number of halogens is 1. The maximum Gasteiger partial charge on any atom is 0.149 e. The van der Waals surface area contributed by atoms with E-state index in [2.05, 4.69) is 17.0 Å². The molecule has 3 aromatic rings. The van der Waals surface area contributed by atoms with Crippen LogP contribution in [0.2, 0.25) is 0 Å². The van der Waals surface area contributed by atoms with E-state index in [1.54, 1.807) is 7.11 Å². The number of fused-ring (bicyclic) bond motifs is 1. The van der Waals surface area contributed by atoms with E-state index in [9.17, 15) is 0 Å². The molecule has 34 heavy (non-hydrogen) atoms. The summed E-state index contributed by atoms with van der Waals surface area (Å²) in [4.78, 5) is 3.89. The minimum atomic E-state index is 0. The van der Waals surface area contributed by atoms with E-state index in [1.807, 2.05) is 41.7 Å². The number of methoxy groups -OCH3 is 1. The van der Waals surface area contributed by atoms with Gasteiger partial charge in [-0.25, -0.2) is 0 Å². The number of nitrogens with zero attached hydrogens (tertiary/aromatic N) is 1. The number of benzene rings is 2. The molecule has 2 aliphatic rings. The molecule has 0 unspecified atom stereocenters. The number of likely N-dealkylation sites (tertiary alicyclic amines) is 1. The van der Waals surface area contributed by atoms with Gasteiger partial charge in [0.1, 0.15) is 29.6 Å². The molecule has 0 N–H and O–H groups in total. The summed E-state index contributed by atoms with van der Waals surface area (Å²) in [6, 6.07) is 14.4. The van der Waals surface area contributed by atoms with Gasteiger partial charge in [0.2, 0.25) is 0 Å². The van der Waals surface area contributed by atoms with Crippen molar-refractivity contribution in [2.75, 3.05) is 33.4 Å². The number of hydrogen-bond acceptors (Lipinski definition) is 5. The van der Waals surface area contributed by atoms with Crippen molar-refractivity contribution in [3.05, 3.63) is 47.3 Å².